The fraction of sp³-hybridized carbons (Fsp3) is 0.0769. The molecule has 1 aromatic heterocycles. The van der Waals surface area contributed by atoms with Gasteiger partial charge in [0, 0.05) is 12.3 Å². The number of nitro groups is 1. The van der Waals surface area contributed by atoms with Gasteiger partial charge in [-0.3, -0.25) is 15.1 Å². The van der Waals surface area contributed by atoms with E-state index in [2.05, 4.69) is 4.98 Å². The lowest BCUT2D eigenvalue weighted by Gasteiger charge is -2.08. The smallest absolute Gasteiger partial charge is 0.339 e. The van der Waals surface area contributed by atoms with Gasteiger partial charge in [0.2, 0.25) is 0 Å². The molecule has 0 spiro atoms. The van der Waals surface area contributed by atoms with Gasteiger partial charge < -0.3 is 9.84 Å². The third kappa shape index (κ3) is 3.50. The van der Waals surface area contributed by atoms with Crippen molar-refractivity contribution in [1.29, 1.82) is 0 Å². The molecule has 1 N–H and O–H groups in total. The SMILES string of the molecule is O=C(O)c1ccncc1OCc1cc(F)cc([N+](=O)[O-])c1. The van der Waals surface area contributed by atoms with Crippen LogP contribution in [0.5, 0.6) is 5.75 Å². The molecule has 1 aromatic carbocycles. The zero-order chi connectivity index (χ0) is 15.4. The summed E-state index contributed by atoms with van der Waals surface area (Å²) in [5.74, 6) is -1.97. The molecule has 0 atom stereocenters. The largest absolute Gasteiger partial charge is 0.486 e. The molecule has 21 heavy (non-hydrogen) atoms. The lowest BCUT2D eigenvalue weighted by Crippen LogP contribution is -2.04. The number of carboxylic acid groups (broad SMARTS) is 1. The van der Waals surface area contributed by atoms with Crippen LogP contribution >= 0.6 is 0 Å². The summed E-state index contributed by atoms with van der Waals surface area (Å²) in [6.07, 6.45) is 2.50. The predicted octanol–water partition coefficient (Wildman–Crippen LogP) is 2.41. The molecule has 7 nitrogen and oxygen atoms in total. The van der Waals surface area contributed by atoms with Crippen molar-refractivity contribution in [3.05, 3.63) is 63.7 Å². The molecule has 2 aromatic rings. The highest BCUT2D eigenvalue weighted by molar-refractivity contribution is 5.90. The molecule has 0 aliphatic carbocycles. The maximum Gasteiger partial charge on any atom is 0.339 e. The van der Waals surface area contributed by atoms with Crippen molar-refractivity contribution in [2.24, 2.45) is 0 Å². The minimum Gasteiger partial charge on any atom is -0.486 e. The molecule has 0 bridgehead atoms. The number of aromatic nitrogens is 1. The Morgan fingerprint density at radius 1 is 1.43 bits per heavy atom. The molecule has 0 unspecified atom stereocenters. The van der Waals surface area contributed by atoms with Crippen LogP contribution in [0.25, 0.3) is 0 Å². The fourth-order valence-corrected chi connectivity index (χ4v) is 1.65. The number of pyridine rings is 1. The van der Waals surface area contributed by atoms with Crippen molar-refractivity contribution in [3.63, 3.8) is 0 Å². The van der Waals surface area contributed by atoms with E-state index in [1.54, 1.807) is 0 Å². The Bertz CT molecular complexity index is 705. The Kier molecular flexibility index (Phi) is 4.07. The zero-order valence-electron chi connectivity index (χ0n) is 10.5. The number of non-ortho nitro benzene ring substituents is 1. The van der Waals surface area contributed by atoms with E-state index in [1.807, 2.05) is 0 Å². The van der Waals surface area contributed by atoms with E-state index in [-0.39, 0.29) is 23.5 Å². The molecule has 0 saturated carbocycles. The summed E-state index contributed by atoms with van der Waals surface area (Å²) in [7, 11) is 0. The van der Waals surface area contributed by atoms with Crippen molar-refractivity contribution >= 4 is 11.7 Å². The molecule has 0 aliphatic heterocycles. The van der Waals surface area contributed by atoms with Crippen molar-refractivity contribution in [2.75, 3.05) is 0 Å². The Morgan fingerprint density at radius 2 is 2.19 bits per heavy atom. The van der Waals surface area contributed by atoms with E-state index >= 15 is 0 Å². The molecule has 2 rings (SSSR count). The van der Waals surface area contributed by atoms with Crippen LogP contribution in [-0.4, -0.2) is 21.0 Å². The number of benzene rings is 1. The number of nitrogens with zero attached hydrogens (tertiary/aromatic N) is 2. The first-order chi connectivity index (χ1) is 9.97. The Balaban J connectivity index is 2.21. The number of hydrogen-bond donors (Lipinski definition) is 1. The van der Waals surface area contributed by atoms with Gasteiger partial charge in [-0.25, -0.2) is 9.18 Å². The molecule has 0 amide bonds. The minimum atomic E-state index is -1.20. The van der Waals surface area contributed by atoms with E-state index < -0.39 is 22.4 Å². The van der Waals surface area contributed by atoms with Gasteiger partial charge in [0.1, 0.15) is 18.0 Å². The van der Waals surface area contributed by atoms with Gasteiger partial charge >= 0.3 is 5.97 Å². The van der Waals surface area contributed by atoms with Crippen LogP contribution in [0.4, 0.5) is 10.1 Å². The number of nitro benzene ring substituents is 1. The average molecular weight is 292 g/mol. The second kappa shape index (κ2) is 5.95. The van der Waals surface area contributed by atoms with Crippen molar-refractivity contribution in [3.8, 4) is 5.75 Å². The third-order valence-corrected chi connectivity index (χ3v) is 2.56. The van der Waals surface area contributed by atoms with Crippen LogP contribution in [0.2, 0.25) is 0 Å². The highest BCUT2D eigenvalue weighted by Crippen LogP contribution is 2.20. The minimum absolute atomic E-state index is 0.00286. The topological polar surface area (TPSA) is 103 Å². The second-order valence-corrected chi connectivity index (χ2v) is 4.04. The molecular formula is C13H9FN2O5. The number of ether oxygens (including phenoxy) is 1. The van der Waals surface area contributed by atoms with E-state index in [0.29, 0.717) is 0 Å². The van der Waals surface area contributed by atoms with Gasteiger partial charge in [0.05, 0.1) is 17.2 Å². The van der Waals surface area contributed by atoms with Crippen LogP contribution < -0.4 is 4.74 Å². The first-order valence-corrected chi connectivity index (χ1v) is 5.71. The normalized spacial score (nSPS) is 10.1. The fourth-order valence-electron chi connectivity index (χ4n) is 1.65. The Morgan fingerprint density at radius 3 is 2.86 bits per heavy atom. The summed E-state index contributed by atoms with van der Waals surface area (Å²) in [5, 5.41) is 19.6. The molecule has 1 heterocycles. The lowest BCUT2D eigenvalue weighted by molar-refractivity contribution is -0.385. The van der Waals surface area contributed by atoms with E-state index in [1.165, 1.54) is 18.5 Å². The Hall–Kier alpha value is -3.03. The van der Waals surface area contributed by atoms with E-state index in [9.17, 15) is 19.3 Å². The second-order valence-electron chi connectivity index (χ2n) is 4.04. The maximum absolute atomic E-state index is 13.3. The van der Waals surface area contributed by atoms with Crippen LogP contribution in [0.3, 0.4) is 0 Å². The lowest BCUT2D eigenvalue weighted by atomic mass is 10.2. The standard InChI is InChI=1S/C13H9FN2O5/c14-9-3-8(4-10(5-9)16(19)20)7-21-12-6-15-2-1-11(12)13(17)18/h1-6H,7H2,(H,17,18). The van der Waals surface area contributed by atoms with Gasteiger partial charge in [-0.2, -0.15) is 0 Å². The molecular weight excluding hydrogens is 283 g/mol. The highest BCUT2D eigenvalue weighted by Gasteiger charge is 2.13. The number of carboxylic acids is 1. The summed E-state index contributed by atoms with van der Waals surface area (Å²) in [5.41, 5.74) is -0.295. The molecule has 0 fully saturated rings. The zero-order valence-corrected chi connectivity index (χ0v) is 10.5. The quantitative estimate of drug-likeness (QED) is 0.670. The molecule has 0 radical (unpaired) electrons. The number of rotatable bonds is 5. The molecule has 108 valence electrons. The van der Waals surface area contributed by atoms with Crippen molar-refractivity contribution in [2.45, 2.75) is 6.61 Å². The van der Waals surface area contributed by atoms with Crippen molar-refractivity contribution < 1.29 is 24.0 Å². The molecule has 8 heteroatoms. The van der Waals surface area contributed by atoms with Crippen LogP contribution in [0.1, 0.15) is 15.9 Å². The monoisotopic (exact) mass is 292 g/mol. The maximum atomic E-state index is 13.3. The van der Waals surface area contributed by atoms with Gasteiger partial charge in [0.15, 0.2) is 5.75 Å². The first kappa shape index (κ1) is 14.4. The summed E-state index contributed by atoms with van der Waals surface area (Å²) in [6, 6.07) is 4.27. The third-order valence-electron chi connectivity index (χ3n) is 2.56. The van der Waals surface area contributed by atoms with Gasteiger partial charge in [0.25, 0.3) is 5.69 Å². The number of hydrogen-bond acceptors (Lipinski definition) is 5. The summed E-state index contributed by atoms with van der Waals surface area (Å²) in [4.78, 5) is 24.6. The number of aromatic carboxylic acids is 1. The van der Waals surface area contributed by atoms with E-state index in [0.717, 1.165) is 18.2 Å². The van der Waals surface area contributed by atoms with Crippen LogP contribution in [-0.2, 0) is 6.61 Å². The Labute approximate surface area is 117 Å². The van der Waals surface area contributed by atoms with Crippen LogP contribution in [0, 0.1) is 15.9 Å². The number of carbonyl (C=O) groups is 1. The summed E-state index contributed by atoms with van der Waals surface area (Å²) < 4.78 is 18.5. The van der Waals surface area contributed by atoms with Gasteiger partial charge in [-0.1, -0.05) is 0 Å². The van der Waals surface area contributed by atoms with Gasteiger partial charge in [-0.05, 0) is 17.7 Å². The summed E-state index contributed by atoms with van der Waals surface area (Å²) >= 11 is 0. The van der Waals surface area contributed by atoms with E-state index in [4.69, 9.17) is 9.84 Å². The number of halogens is 1. The highest BCUT2D eigenvalue weighted by atomic mass is 19.1. The van der Waals surface area contributed by atoms with Gasteiger partial charge in [-0.15, -0.1) is 0 Å². The molecule has 0 saturated heterocycles. The summed E-state index contributed by atoms with van der Waals surface area (Å²) in [6.45, 7) is -0.218. The first-order valence-electron chi connectivity index (χ1n) is 5.71. The van der Waals surface area contributed by atoms with Crippen LogP contribution in [0.15, 0.2) is 36.7 Å². The average Bonchev–Trinajstić information content (AvgIpc) is 2.44. The van der Waals surface area contributed by atoms with Crippen molar-refractivity contribution in [1.82, 2.24) is 4.98 Å². The predicted molar refractivity (Wildman–Crippen MR) is 68.6 cm³/mol. The molecule has 0 aliphatic rings.